The van der Waals surface area contributed by atoms with Gasteiger partial charge in [0.15, 0.2) is 0 Å². The van der Waals surface area contributed by atoms with Crippen molar-refractivity contribution < 1.29 is 0 Å². The summed E-state index contributed by atoms with van der Waals surface area (Å²) in [6, 6.07) is 18.4. The number of aryl methyl sites for hydroxylation is 1. The van der Waals surface area contributed by atoms with Crippen LogP contribution in [-0.2, 0) is 6.42 Å². The van der Waals surface area contributed by atoms with Crippen LogP contribution >= 0.6 is 0 Å². The van der Waals surface area contributed by atoms with Gasteiger partial charge >= 0.3 is 0 Å². The molecule has 0 radical (unpaired) electrons. The number of nitrogens with one attached hydrogen (secondary N) is 1. The van der Waals surface area contributed by atoms with E-state index in [1.54, 1.807) is 0 Å². The Balaban J connectivity index is 1.76. The average molecular weight is 322 g/mol. The van der Waals surface area contributed by atoms with Crippen LogP contribution in [0.15, 0.2) is 48.5 Å². The molecular formula is C22H30N2. The van der Waals surface area contributed by atoms with Crippen LogP contribution in [0.25, 0.3) is 0 Å². The Morgan fingerprint density at radius 2 is 1.88 bits per heavy atom. The Hall–Kier alpha value is -1.80. The molecule has 0 amide bonds. The molecular weight excluding hydrogens is 292 g/mol. The van der Waals surface area contributed by atoms with Crippen LogP contribution in [0, 0.1) is 12.3 Å². The molecule has 128 valence electrons. The van der Waals surface area contributed by atoms with E-state index in [2.05, 4.69) is 86.4 Å². The highest BCUT2D eigenvalue weighted by molar-refractivity contribution is 5.50. The molecule has 0 bridgehead atoms. The maximum absolute atomic E-state index is 3.67. The molecule has 2 aromatic carbocycles. The molecule has 1 heterocycles. The number of benzene rings is 2. The third kappa shape index (κ3) is 4.39. The quantitative estimate of drug-likeness (QED) is 0.878. The zero-order valence-corrected chi connectivity index (χ0v) is 15.5. The summed E-state index contributed by atoms with van der Waals surface area (Å²) in [5.41, 5.74) is 5.84. The minimum Gasteiger partial charge on any atom is -0.368 e. The Morgan fingerprint density at radius 3 is 2.62 bits per heavy atom. The fraction of sp³-hybridized carbons (Fsp3) is 0.455. The van der Waals surface area contributed by atoms with Crippen molar-refractivity contribution in [1.82, 2.24) is 5.32 Å². The van der Waals surface area contributed by atoms with Gasteiger partial charge in [-0.15, -0.1) is 0 Å². The summed E-state index contributed by atoms with van der Waals surface area (Å²) in [4.78, 5) is 2.52. The van der Waals surface area contributed by atoms with Crippen LogP contribution in [0.2, 0.25) is 0 Å². The molecule has 1 saturated heterocycles. The van der Waals surface area contributed by atoms with E-state index in [0.717, 1.165) is 26.1 Å². The first kappa shape index (κ1) is 17.0. The molecule has 1 aliphatic heterocycles. The lowest BCUT2D eigenvalue weighted by Crippen LogP contribution is -2.45. The topological polar surface area (TPSA) is 15.3 Å². The second kappa shape index (κ2) is 6.98. The number of hydrogen-bond acceptors (Lipinski definition) is 2. The Morgan fingerprint density at radius 1 is 1.08 bits per heavy atom. The number of hydrogen-bond donors (Lipinski definition) is 1. The Kier molecular flexibility index (Phi) is 4.96. The highest BCUT2D eigenvalue weighted by atomic mass is 15.2. The molecule has 1 unspecified atom stereocenters. The Labute approximate surface area is 146 Å². The molecule has 2 nitrogen and oxygen atoms in total. The van der Waals surface area contributed by atoms with Gasteiger partial charge < -0.3 is 10.2 Å². The molecule has 2 heteroatoms. The van der Waals surface area contributed by atoms with Crippen molar-refractivity contribution in [2.24, 2.45) is 5.41 Å². The lowest BCUT2D eigenvalue weighted by Gasteiger charge is -2.36. The molecule has 0 aliphatic carbocycles. The van der Waals surface area contributed by atoms with E-state index in [0.29, 0.717) is 11.5 Å². The van der Waals surface area contributed by atoms with Crippen molar-refractivity contribution in [3.05, 3.63) is 65.2 Å². The highest BCUT2D eigenvalue weighted by Crippen LogP contribution is 2.26. The smallest absolute Gasteiger partial charge is 0.0498 e. The second-order valence-corrected chi connectivity index (χ2v) is 8.27. The van der Waals surface area contributed by atoms with Crippen molar-refractivity contribution in [3.63, 3.8) is 0 Å². The van der Waals surface area contributed by atoms with E-state index in [9.17, 15) is 0 Å². The molecule has 1 fully saturated rings. The van der Waals surface area contributed by atoms with Gasteiger partial charge in [-0.05, 0) is 42.0 Å². The third-order valence-corrected chi connectivity index (χ3v) is 4.63. The fourth-order valence-corrected chi connectivity index (χ4v) is 3.57. The summed E-state index contributed by atoms with van der Waals surface area (Å²) < 4.78 is 0. The Bertz CT molecular complexity index is 684. The summed E-state index contributed by atoms with van der Waals surface area (Å²) in [6.45, 7) is 12.2. The standard InChI is InChI=1S/C22H30N2/c1-17-7-5-9-19(13-17)21-16-24(12-11-23-21)20-10-6-8-18(14-20)15-22(2,3)4/h5-10,13-14,21,23H,11-12,15-16H2,1-4H3. The SMILES string of the molecule is Cc1cccc(C2CN(c3cccc(CC(C)(C)C)c3)CCN2)c1. The van der Waals surface area contributed by atoms with Gasteiger partial charge in [0.05, 0.1) is 0 Å². The summed E-state index contributed by atoms with van der Waals surface area (Å²) in [5, 5.41) is 3.67. The van der Waals surface area contributed by atoms with Crippen molar-refractivity contribution in [2.75, 3.05) is 24.5 Å². The number of piperazine rings is 1. The lowest BCUT2D eigenvalue weighted by atomic mass is 9.88. The van der Waals surface area contributed by atoms with E-state index in [1.165, 1.54) is 22.4 Å². The fourth-order valence-electron chi connectivity index (χ4n) is 3.57. The van der Waals surface area contributed by atoms with Crippen LogP contribution in [0.4, 0.5) is 5.69 Å². The van der Waals surface area contributed by atoms with Gasteiger partial charge in [0, 0.05) is 31.4 Å². The van der Waals surface area contributed by atoms with Crippen LogP contribution in [0.5, 0.6) is 0 Å². The van der Waals surface area contributed by atoms with Gasteiger partial charge in [-0.1, -0.05) is 62.7 Å². The normalized spacial score (nSPS) is 18.7. The molecule has 2 aromatic rings. The van der Waals surface area contributed by atoms with Gasteiger partial charge in [-0.25, -0.2) is 0 Å². The van der Waals surface area contributed by atoms with Crippen LogP contribution in [0.3, 0.4) is 0 Å². The molecule has 1 aliphatic rings. The molecule has 1 atom stereocenters. The first-order chi connectivity index (χ1) is 11.4. The maximum atomic E-state index is 3.67. The molecule has 0 spiro atoms. The van der Waals surface area contributed by atoms with Crippen molar-refractivity contribution in [1.29, 1.82) is 0 Å². The molecule has 0 saturated carbocycles. The molecule has 24 heavy (non-hydrogen) atoms. The number of anilines is 1. The highest BCUT2D eigenvalue weighted by Gasteiger charge is 2.21. The van der Waals surface area contributed by atoms with Gasteiger partial charge in [0.1, 0.15) is 0 Å². The van der Waals surface area contributed by atoms with E-state index in [-0.39, 0.29) is 0 Å². The minimum atomic E-state index is 0.326. The van der Waals surface area contributed by atoms with Gasteiger partial charge in [0.2, 0.25) is 0 Å². The van der Waals surface area contributed by atoms with Crippen LogP contribution in [-0.4, -0.2) is 19.6 Å². The maximum Gasteiger partial charge on any atom is 0.0498 e. The van der Waals surface area contributed by atoms with E-state index in [4.69, 9.17) is 0 Å². The van der Waals surface area contributed by atoms with E-state index >= 15 is 0 Å². The molecule has 0 aromatic heterocycles. The summed E-state index contributed by atoms with van der Waals surface area (Å²) in [7, 11) is 0. The average Bonchev–Trinajstić information content (AvgIpc) is 2.54. The molecule has 3 rings (SSSR count). The lowest BCUT2D eigenvalue weighted by molar-refractivity contribution is 0.411. The minimum absolute atomic E-state index is 0.326. The van der Waals surface area contributed by atoms with Crippen molar-refractivity contribution >= 4 is 5.69 Å². The largest absolute Gasteiger partial charge is 0.368 e. The number of nitrogens with zero attached hydrogens (tertiary/aromatic N) is 1. The van der Waals surface area contributed by atoms with E-state index < -0.39 is 0 Å². The summed E-state index contributed by atoms with van der Waals surface area (Å²) >= 11 is 0. The van der Waals surface area contributed by atoms with Gasteiger partial charge in [-0.3, -0.25) is 0 Å². The predicted molar refractivity (Wildman–Crippen MR) is 104 cm³/mol. The van der Waals surface area contributed by atoms with Crippen LogP contribution in [0.1, 0.15) is 43.5 Å². The first-order valence-electron chi connectivity index (χ1n) is 9.05. The number of rotatable bonds is 3. The van der Waals surface area contributed by atoms with Crippen molar-refractivity contribution in [3.8, 4) is 0 Å². The first-order valence-corrected chi connectivity index (χ1v) is 9.05. The monoisotopic (exact) mass is 322 g/mol. The van der Waals surface area contributed by atoms with E-state index in [1.807, 2.05) is 0 Å². The van der Waals surface area contributed by atoms with Crippen molar-refractivity contribution in [2.45, 2.75) is 40.2 Å². The molecule has 1 N–H and O–H groups in total. The van der Waals surface area contributed by atoms with Crippen LogP contribution < -0.4 is 10.2 Å². The third-order valence-electron chi connectivity index (χ3n) is 4.63. The zero-order valence-electron chi connectivity index (χ0n) is 15.5. The summed E-state index contributed by atoms with van der Waals surface area (Å²) in [5.74, 6) is 0. The van der Waals surface area contributed by atoms with Gasteiger partial charge in [0.25, 0.3) is 0 Å². The zero-order chi connectivity index (χ0) is 17.2. The van der Waals surface area contributed by atoms with Gasteiger partial charge in [-0.2, -0.15) is 0 Å². The summed E-state index contributed by atoms with van der Waals surface area (Å²) in [6.07, 6.45) is 1.12. The predicted octanol–water partition coefficient (Wildman–Crippen LogP) is 4.73. The second-order valence-electron chi connectivity index (χ2n) is 8.27.